The number of carbonyl (C=O) groups is 1. The van der Waals surface area contributed by atoms with Gasteiger partial charge in [0.05, 0.1) is 4.47 Å². The van der Waals surface area contributed by atoms with Crippen LogP contribution in [0.15, 0.2) is 9.85 Å². The molecule has 0 saturated carbocycles. The molecular formula is C6H8BrN3OS. The molecule has 0 unspecified atom stereocenters. The first-order valence-electron chi connectivity index (χ1n) is 3.19. The van der Waals surface area contributed by atoms with Crippen LogP contribution < -0.4 is 5.43 Å². The zero-order valence-corrected chi connectivity index (χ0v) is 9.07. The van der Waals surface area contributed by atoms with Crippen LogP contribution in [0.1, 0.15) is 10.5 Å². The molecule has 0 aromatic carbocycles. The summed E-state index contributed by atoms with van der Waals surface area (Å²) in [5, 5.41) is 3.35. The molecule has 1 aromatic heterocycles. The van der Waals surface area contributed by atoms with E-state index in [9.17, 15) is 4.79 Å². The van der Waals surface area contributed by atoms with Gasteiger partial charge < -0.3 is 0 Å². The fourth-order valence-electron chi connectivity index (χ4n) is 0.631. The van der Waals surface area contributed by atoms with Crippen LogP contribution in [0.3, 0.4) is 0 Å². The lowest BCUT2D eigenvalue weighted by Crippen LogP contribution is -2.36. The second kappa shape index (κ2) is 3.97. The summed E-state index contributed by atoms with van der Waals surface area (Å²) in [5.74, 6) is -0.201. The minimum atomic E-state index is -0.201. The van der Waals surface area contributed by atoms with Gasteiger partial charge in [0, 0.05) is 19.5 Å². The lowest BCUT2D eigenvalue weighted by molar-refractivity contribution is 0.0852. The number of hydrogen-bond donors (Lipinski definition) is 1. The zero-order chi connectivity index (χ0) is 9.14. The highest BCUT2D eigenvalue weighted by Gasteiger charge is 2.12. The normalized spacial score (nSPS) is 10.3. The minimum Gasteiger partial charge on any atom is -0.284 e. The summed E-state index contributed by atoms with van der Waals surface area (Å²) in [4.78, 5) is 11.3. The topological polar surface area (TPSA) is 45.2 Å². The van der Waals surface area contributed by atoms with Crippen molar-refractivity contribution in [1.82, 2.24) is 14.8 Å². The van der Waals surface area contributed by atoms with Gasteiger partial charge in [-0.05, 0) is 27.5 Å². The summed E-state index contributed by atoms with van der Waals surface area (Å²) < 4.78 is 4.65. The maximum absolute atomic E-state index is 11.3. The molecule has 6 heteroatoms. The van der Waals surface area contributed by atoms with Gasteiger partial charge in [-0.2, -0.15) is 4.37 Å². The zero-order valence-electron chi connectivity index (χ0n) is 6.67. The van der Waals surface area contributed by atoms with Crippen molar-refractivity contribution in [2.45, 2.75) is 0 Å². The van der Waals surface area contributed by atoms with E-state index < -0.39 is 0 Å². The molecule has 1 heterocycles. The molecule has 0 fully saturated rings. The number of carbonyl (C=O) groups excluding carboxylic acids is 1. The van der Waals surface area contributed by atoms with E-state index in [-0.39, 0.29) is 5.91 Å². The van der Waals surface area contributed by atoms with E-state index >= 15 is 0 Å². The molecule has 12 heavy (non-hydrogen) atoms. The van der Waals surface area contributed by atoms with Gasteiger partial charge in [-0.25, -0.2) is 5.01 Å². The predicted octanol–water partition coefficient (Wildman–Crippen LogP) is 1.11. The number of rotatable bonds is 2. The van der Waals surface area contributed by atoms with Crippen molar-refractivity contribution in [2.75, 3.05) is 14.1 Å². The van der Waals surface area contributed by atoms with Gasteiger partial charge in [0.1, 0.15) is 0 Å². The highest BCUT2D eigenvalue weighted by atomic mass is 79.9. The monoisotopic (exact) mass is 249 g/mol. The average Bonchev–Trinajstić information content (AvgIpc) is 2.33. The Morgan fingerprint density at radius 1 is 1.75 bits per heavy atom. The van der Waals surface area contributed by atoms with Crippen LogP contribution in [0, 0.1) is 0 Å². The summed E-state index contributed by atoms with van der Waals surface area (Å²) in [6.45, 7) is 0. The van der Waals surface area contributed by atoms with Gasteiger partial charge in [-0.1, -0.05) is 0 Å². The third-order valence-corrected chi connectivity index (χ3v) is 2.60. The molecule has 0 aliphatic heterocycles. The molecule has 1 rings (SSSR count). The number of nitrogens with zero attached hydrogens (tertiary/aromatic N) is 2. The number of hydrogen-bond acceptors (Lipinski definition) is 4. The number of nitrogens with one attached hydrogen (secondary N) is 1. The van der Waals surface area contributed by atoms with E-state index in [1.807, 2.05) is 0 Å². The van der Waals surface area contributed by atoms with Crippen LogP contribution in [-0.2, 0) is 0 Å². The molecule has 0 radical (unpaired) electrons. The molecule has 0 aliphatic rings. The maximum atomic E-state index is 11.3. The van der Waals surface area contributed by atoms with Crippen LogP contribution in [0.2, 0.25) is 0 Å². The van der Waals surface area contributed by atoms with Gasteiger partial charge in [0.2, 0.25) is 0 Å². The van der Waals surface area contributed by atoms with E-state index in [0.717, 1.165) is 4.47 Å². The van der Waals surface area contributed by atoms with Crippen molar-refractivity contribution >= 4 is 33.4 Å². The first kappa shape index (κ1) is 9.63. The first-order valence-corrected chi connectivity index (χ1v) is 4.82. The fourth-order valence-corrected chi connectivity index (χ4v) is 1.81. The molecule has 0 saturated heterocycles. The number of hydrazine groups is 1. The van der Waals surface area contributed by atoms with Crippen LogP contribution in [0.4, 0.5) is 0 Å². The van der Waals surface area contributed by atoms with Crippen LogP contribution in [0.5, 0.6) is 0 Å². The first-order chi connectivity index (χ1) is 5.61. The second-order valence-corrected chi connectivity index (χ2v) is 3.83. The van der Waals surface area contributed by atoms with Crippen molar-refractivity contribution in [3.63, 3.8) is 0 Å². The third kappa shape index (κ3) is 2.26. The quantitative estimate of drug-likeness (QED) is 0.800. The lowest BCUT2D eigenvalue weighted by atomic mass is 10.4. The average molecular weight is 250 g/mol. The Morgan fingerprint density at radius 2 is 2.42 bits per heavy atom. The van der Waals surface area contributed by atoms with Gasteiger partial charge in [-0.15, -0.1) is 0 Å². The minimum absolute atomic E-state index is 0.201. The Hall–Kier alpha value is -0.460. The van der Waals surface area contributed by atoms with Crippen molar-refractivity contribution in [3.05, 3.63) is 15.5 Å². The van der Waals surface area contributed by atoms with E-state index in [1.54, 1.807) is 24.5 Å². The van der Waals surface area contributed by atoms with Crippen LogP contribution >= 0.6 is 27.5 Å². The van der Waals surface area contributed by atoms with Crippen molar-refractivity contribution in [3.8, 4) is 0 Å². The van der Waals surface area contributed by atoms with Crippen LogP contribution in [-0.4, -0.2) is 29.4 Å². The van der Waals surface area contributed by atoms with Gasteiger partial charge >= 0.3 is 0 Å². The Kier molecular flexibility index (Phi) is 3.19. The summed E-state index contributed by atoms with van der Waals surface area (Å²) in [6, 6.07) is 0. The fraction of sp³-hybridized carbons (Fsp3) is 0.333. The molecular weight excluding hydrogens is 242 g/mol. The predicted molar refractivity (Wildman–Crippen MR) is 51.0 cm³/mol. The molecule has 0 aliphatic carbocycles. The Labute approximate surface area is 82.8 Å². The molecule has 0 spiro atoms. The van der Waals surface area contributed by atoms with E-state index in [0.29, 0.717) is 5.69 Å². The highest BCUT2D eigenvalue weighted by molar-refractivity contribution is 9.10. The third-order valence-electron chi connectivity index (χ3n) is 1.07. The largest absolute Gasteiger partial charge is 0.286 e. The van der Waals surface area contributed by atoms with Crippen molar-refractivity contribution in [2.24, 2.45) is 0 Å². The summed E-state index contributed by atoms with van der Waals surface area (Å²) in [5.41, 5.74) is 3.02. The van der Waals surface area contributed by atoms with E-state index in [2.05, 4.69) is 25.7 Å². The number of halogens is 1. The Morgan fingerprint density at radius 3 is 2.83 bits per heavy atom. The van der Waals surface area contributed by atoms with Gasteiger partial charge in [-0.3, -0.25) is 10.2 Å². The SMILES string of the molecule is CN(C)NC(=O)c1nscc1Br. The second-order valence-electron chi connectivity index (χ2n) is 2.35. The van der Waals surface area contributed by atoms with Gasteiger partial charge in [0.25, 0.3) is 5.91 Å². The molecule has 0 bridgehead atoms. The highest BCUT2D eigenvalue weighted by Crippen LogP contribution is 2.17. The lowest BCUT2D eigenvalue weighted by Gasteiger charge is -2.09. The summed E-state index contributed by atoms with van der Waals surface area (Å²) >= 11 is 4.47. The van der Waals surface area contributed by atoms with Crippen molar-refractivity contribution < 1.29 is 4.79 Å². The molecule has 1 aromatic rings. The molecule has 1 N–H and O–H groups in total. The number of aromatic nitrogens is 1. The van der Waals surface area contributed by atoms with Gasteiger partial charge in [0.15, 0.2) is 5.69 Å². The molecule has 1 amide bonds. The van der Waals surface area contributed by atoms with Crippen molar-refractivity contribution in [1.29, 1.82) is 0 Å². The van der Waals surface area contributed by atoms with E-state index in [4.69, 9.17) is 0 Å². The molecule has 0 atom stereocenters. The smallest absolute Gasteiger partial charge is 0.284 e. The molecule has 66 valence electrons. The molecule has 4 nitrogen and oxygen atoms in total. The Bertz CT molecular complexity index is 286. The standard InChI is InChI=1S/C6H8BrN3OS/c1-10(2)8-6(11)5-4(7)3-12-9-5/h3H,1-2H3,(H,8,11). The number of amides is 1. The summed E-state index contributed by atoms with van der Waals surface area (Å²) in [6.07, 6.45) is 0. The van der Waals surface area contributed by atoms with Crippen LogP contribution in [0.25, 0.3) is 0 Å². The maximum Gasteiger partial charge on any atom is 0.286 e. The Balaban J connectivity index is 2.72. The van der Waals surface area contributed by atoms with E-state index in [1.165, 1.54) is 11.5 Å². The summed E-state index contributed by atoms with van der Waals surface area (Å²) in [7, 11) is 3.50.